The van der Waals surface area contributed by atoms with Crippen LogP contribution in [-0.4, -0.2) is 16.7 Å². The van der Waals surface area contributed by atoms with Crippen molar-refractivity contribution >= 4 is 35.8 Å². The van der Waals surface area contributed by atoms with Gasteiger partial charge in [0.25, 0.3) is 0 Å². The lowest BCUT2D eigenvalue weighted by atomic mass is 9.96. The van der Waals surface area contributed by atoms with Gasteiger partial charge in [0.15, 0.2) is 0 Å². The third kappa shape index (κ3) is 6.19. The van der Waals surface area contributed by atoms with Crippen molar-refractivity contribution in [2.75, 3.05) is 5.32 Å². The molecular formula is C17H29ClN2OS. The molecule has 0 radical (unpaired) electrons. The minimum Gasteiger partial charge on any atom is -0.324 e. The molecule has 3 nitrogen and oxygen atoms in total. The fraction of sp³-hybridized carbons (Fsp3) is 0.588. The van der Waals surface area contributed by atoms with Crippen LogP contribution in [0.25, 0.3) is 0 Å². The van der Waals surface area contributed by atoms with Gasteiger partial charge in [-0.2, -0.15) is 11.8 Å². The van der Waals surface area contributed by atoms with Gasteiger partial charge in [-0.1, -0.05) is 39.3 Å². The standard InChI is InChI=1S/C17H28N2OS.ClH/c1-6-10-17(5,18)16(20)19-15-9-7-8-14(13(15)4)11-21-12(2)3;/h7-9,12H,6,10-11,18H2,1-5H3,(H,19,20);1H. The van der Waals surface area contributed by atoms with Crippen LogP contribution >= 0.6 is 24.2 Å². The zero-order chi connectivity index (χ0) is 16.0. The summed E-state index contributed by atoms with van der Waals surface area (Å²) in [5.41, 5.74) is 8.54. The first-order valence-electron chi connectivity index (χ1n) is 7.58. The van der Waals surface area contributed by atoms with E-state index < -0.39 is 5.54 Å². The zero-order valence-corrected chi connectivity index (χ0v) is 15.9. The van der Waals surface area contributed by atoms with E-state index in [4.69, 9.17) is 5.73 Å². The number of carbonyl (C=O) groups is 1. The van der Waals surface area contributed by atoms with Crippen molar-refractivity contribution in [3.63, 3.8) is 0 Å². The van der Waals surface area contributed by atoms with Crippen molar-refractivity contribution in [2.24, 2.45) is 5.73 Å². The molecule has 1 rings (SSSR count). The van der Waals surface area contributed by atoms with E-state index in [1.807, 2.05) is 30.8 Å². The Hall–Kier alpha value is -0.710. The summed E-state index contributed by atoms with van der Waals surface area (Å²) in [6, 6.07) is 6.05. The highest BCUT2D eigenvalue weighted by molar-refractivity contribution is 7.99. The zero-order valence-electron chi connectivity index (χ0n) is 14.2. The van der Waals surface area contributed by atoms with Gasteiger partial charge in [0.2, 0.25) is 5.91 Å². The van der Waals surface area contributed by atoms with Crippen LogP contribution < -0.4 is 11.1 Å². The largest absolute Gasteiger partial charge is 0.324 e. The fourth-order valence-electron chi connectivity index (χ4n) is 2.13. The highest BCUT2D eigenvalue weighted by atomic mass is 35.5. The van der Waals surface area contributed by atoms with Crippen LogP contribution in [0.3, 0.4) is 0 Å². The maximum atomic E-state index is 12.3. The first-order chi connectivity index (χ1) is 9.77. The summed E-state index contributed by atoms with van der Waals surface area (Å²) in [6.45, 7) is 10.3. The van der Waals surface area contributed by atoms with Crippen molar-refractivity contribution in [2.45, 2.75) is 64.0 Å². The van der Waals surface area contributed by atoms with Crippen LogP contribution in [0.2, 0.25) is 0 Å². The van der Waals surface area contributed by atoms with E-state index in [0.29, 0.717) is 11.7 Å². The van der Waals surface area contributed by atoms with Gasteiger partial charge in [0, 0.05) is 11.4 Å². The lowest BCUT2D eigenvalue weighted by Crippen LogP contribution is -2.48. The second-order valence-electron chi connectivity index (χ2n) is 6.07. The molecule has 0 spiro atoms. The molecule has 0 fully saturated rings. The highest BCUT2D eigenvalue weighted by Crippen LogP contribution is 2.25. The Morgan fingerprint density at radius 3 is 2.59 bits per heavy atom. The third-order valence-electron chi connectivity index (χ3n) is 3.55. The molecular weight excluding hydrogens is 316 g/mol. The Bertz CT molecular complexity index is 490. The number of rotatable bonds is 7. The molecule has 1 unspecified atom stereocenters. The molecule has 0 saturated heterocycles. The highest BCUT2D eigenvalue weighted by Gasteiger charge is 2.27. The van der Waals surface area contributed by atoms with Crippen molar-refractivity contribution in [3.05, 3.63) is 29.3 Å². The van der Waals surface area contributed by atoms with Crippen LogP contribution in [0.4, 0.5) is 5.69 Å². The topological polar surface area (TPSA) is 55.1 Å². The number of nitrogens with one attached hydrogen (secondary N) is 1. The molecule has 1 atom stereocenters. The summed E-state index contributed by atoms with van der Waals surface area (Å²) in [4.78, 5) is 12.3. The van der Waals surface area contributed by atoms with Crippen molar-refractivity contribution in [1.29, 1.82) is 0 Å². The number of hydrogen-bond donors (Lipinski definition) is 2. The molecule has 5 heteroatoms. The van der Waals surface area contributed by atoms with Gasteiger partial charge in [0.05, 0.1) is 5.54 Å². The number of carbonyl (C=O) groups excluding carboxylic acids is 1. The Balaban J connectivity index is 0.00000441. The number of thioether (sulfide) groups is 1. The molecule has 0 aliphatic heterocycles. The fourth-order valence-corrected chi connectivity index (χ4v) is 2.96. The predicted octanol–water partition coefficient (Wildman–Crippen LogP) is 4.51. The maximum Gasteiger partial charge on any atom is 0.244 e. The number of benzene rings is 1. The minimum absolute atomic E-state index is 0. The van der Waals surface area contributed by atoms with E-state index in [1.54, 1.807) is 6.92 Å². The molecule has 1 aromatic carbocycles. The summed E-state index contributed by atoms with van der Waals surface area (Å²) >= 11 is 1.90. The molecule has 0 aliphatic rings. The molecule has 1 aromatic rings. The predicted molar refractivity (Wildman–Crippen MR) is 101 cm³/mol. The second-order valence-corrected chi connectivity index (χ2v) is 7.64. The molecule has 0 heterocycles. The minimum atomic E-state index is -0.816. The Morgan fingerprint density at radius 2 is 2.05 bits per heavy atom. The number of anilines is 1. The van der Waals surface area contributed by atoms with Crippen molar-refractivity contribution in [1.82, 2.24) is 0 Å². The van der Waals surface area contributed by atoms with E-state index in [0.717, 1.165) is 23.4 Å². The summed E-state index contributed by atoms with van der Waals surface area (Å²) in [6.07, 6.45) is 1.57. The Kier molecular flexibility index (Phi) is 9.13. The average Bonchev–Trinajstić information content (AvgIpc) is 2.39. The van der Waals surface area contributed by atoms with Gasteiger partial charge < -0.3 is 11.1 Å². The molecule has 3 N–H and O–H groups in total. The first-order valence-corrected chi connectivity index (χ1v) is 8.63. The lowest BCUT2D eigenvalue weighted by molar-refractivity contribution is -0.120. The number of amides is 1. The van der Waals surface area contributed by atoms with Gasteiger partial charge >= 0.3 is 0 Å². The lowest BCUT2D eigenvalue weighted by Gasteiger charge is -2.24. The molecule has 1 amide bonds. The molecule has 0 saturated carbocycles. The smallest absolute Gasteiger partial charge is 0.244 e. The van der Waals surface area contributed by atoms with Gasteiger partial charge in [-0.15, -0.1) is 12.4 Å². The summed E-state index contributed by atoms with van der Waals surface area (Å²) < 4.78 is 0. The molecule has 126 valence electrons. The van der Waals surface area contributed by atoms with Crippen LogP contribution in [-0.2, 0) is 10.5 Å². The quantitative estimate of drug-likeness (QED) is 0.764. The van der Waals surface area contributed by atoms with Crippen molar-refractivity contribution < 1.29 is 4.79 Å². The van der Waals surface area contributed by atoms with Crippen LogP contribution in [0.5, 0.6) is 0 Å². The van der Waals surface area contributed by atoms with Gasteiger partial charge in [-0.3, -0.25) is 4.79 Å². The van der Waals surface area contributed by atoms with E-state index in [-0.39, 0.29) is 18.3 Å². The Morgan fingerprint density at radius 1 is 1.41 bits per heavy atom. The van der Waals surface area contributed by atoms with Gasteiger partial charge in [-0.05, 0) is 42.7 Å². The molecule has 0 bridgehead atoms. The molecule has 0 aliphatic carbocycles. The summed E-state index contributed by atoms with van der Waals surface area (Å²) in [7, 11) is 0. The van der Waals surface area contributed by atoms with E-state index >= 15 is 0 Å². The number of halogens is 1. The van der Waals surface area contributed by atoms with Gasteiger partial charge in [0.1, 0.15) is 0 Å². The normalized spacial score (nSPS) is 13.4. The summed E-state index contributed by atoms with van der Waals surface area (Å²) in [5.74, 6) is 0.850. The van der Waals surface area contributed by atoms with Gasteiger partial charge in [-0.25, -0.2) is 0 Å². The number of hydrogen-bond acceptors (Lipinski definition) is 3. The third-order valence-corrected chi connectivity index (χ3v) is 4.70. The van der Waals surface area contributed by atoms with Crippen LogP contribution in [0.1, 0.15) is 51.7 Å². The van der Waals surface area contributed by atoms with E-state index in [1.165, 1.54) is 5.56 Å². The van der Waals surface area contributed by atoms with Crippen molar-refractivity contribution in [3.8, 4) is 0 Å². The summed E-state index contributed by atoms with van der Waals surface area (Å²) in [5, 5.41) is 3.59. The Labute approximate surface area is 145 Å². The second kappa shape index (κ2) is 9.43. The molecule has 0 aromatic heterocycles. The number of nitrogens with two attached hydrogens (primary N) is 1. The monoisotopic (exact) mass is 344 g/mol. The maximum absolute atomic E-state index is 12.3. The van der Waals surface area contributed by atoms with Crippen LogP contribution in [0, 0.1) is 6.92 Å². The molecule has 22 heavy (non-hydrogen) atoms. The van der Waals surface area contributed by atoms with E-state index in [9.17, 15) is 4.79 Å². The SMILES string of the molecule is CCCC(C)(N)C(=O)Nc1cccc(CSC(C)C)c1C.Cl. The first kappa shape index (κ1) is 21.3. The van der Waals surface area contributed by atoms with E-state index in [2.05, 4.69) is 32.2 Å². The average molecular weight is 345 g/mol. The van der Waals surface area contributed by atoms with Crippen LogP contribution in [0.15, 0.2) is 18.2 Å².